The average Bonchev–Trinajstić information content (AvgIpc) is 3.79. The second-order valence-corrected chi connectivity index (χ2v) is 18.8. The number of fused-ring (bicyclic) bond motifs is 1. The van der Waals surface area contributed by atoms with E-state index in [0.717, 1.165) is 25.8 Å². The Bertz CT molecular complexity index is 1280. The third-order valence-electron chi connectivity index (χ3n) is 8.24. The van der Waals surface area contributed by atoms with Crippen molar-refractivity contribution in [2.24, 2.45) is 23.3 Å². The molecule has 0 radical (unpaired) electrons. The summed E-state index contributed by atoms with van der Waals surface area (Å²) in [5.41, 5.74) is 13.7. The first-order valence-corrected chi connectivity index (χ1v) is 18.4. The minimum absolute atomic E-state index is 0.0252. The number of rotatable bonds is 16. The van der Waals surface area contributed by atoms with Crippen molar-refractivity contribution in [2.45, 2.75) is 108 Å². The van der Waals surface area contributed by atoms with Crippen molar-refractivity contribution < 1.29 is 41.0 Å². The summed E-state index contributed by atoms with van der Waals surface area (Å²) in [6.07, 6.45) is -6.31. The lowest BCUT2D eigenvalue weighted by Gasteiger charge is -2.26. The lowest BCUT2D eigenvalue weighted by molar-refractivity contribution is -0.227. The summed E-state index contributed by atoms with van der Waals surface area (Å²) in [5.74, 6) is -6.58. The molecule has 2 aromatic rings. The van der Waals surface area contributed by atoms with Crippen LogP contribution in [0, 0.1) is 11.8 Å². The van der Waals surface area contributed by atoms with Crippen LogP contribution < -0.4 is 11.5 Å². The molecule has 242 valence electrons. The maximum Gasteiger partial charge on any atom is 0.414 e. The van der Waals surface area contributed by atoms with Crippen LogP contribution in [0.25, 0.3) is 11.0 Å². The number of hydrogen-bond acceptors (Lipinski definition) is 6. The van der Waals surface area contributed by atoms with Crippen molar-refractivity contribution in [1.29, 1.82) is 0 Å². The van der Waals surface area contributed by atoms with Gasteiger partial charge in [-0.2, -0.15) is 13.2 Å². The van der Waals surface area contributed by atoms with Gasteiger partial charge >= 0.3 is 6.18 Å². The summed E-state index contributed by atoms with van der Waals surface area (Å²) in [6.45, 7) is 9.59. The van der Waals surface area contributed by atoms with E-state index in [9.17, 15) is 26.7 Å². The number of aromatic nitrogens is 2. The number of carbonyl (C=O) groups excluding carboxylic acids is 1. The fourth-order valence-corrected chi connectivity index (χ4v) is 5.95. The van der Waals surface area contributed by atoms with Gasteiger partial charge in [-0.15, -0.1) is 0 Å². The van der Waals surface area contributed by atoms with Gasteiger partial charge in [-0.05, 0) is 50.4 Å². The lowest BCUT2D eigenvalue weighted by Crippen LogP contribution is -2.37. The van der Waals surface area contributed by atoms with Gasteiger partial charge in [0.25, 0.3) is 5.92 Å². The highest BCUT2D eigenvalue weighted by Gasteiger charge is 2.63. The summed E-state index contributed by atoms with van der Waals surface area (Å²) in [4.78, 5) is 17.2. The molecule has 2 fully saturated rings. The summed E-state index contributed by atoms with van der Waals surface area (Å²) in [7, 11) is -1.39. The minimum atomic E-state index is -4.56. The van der Waals surface area contributed by atoms with E-state index in [0.29, 0.717) is 23.2 Å². The van der Waals surface area contributed by atoms with E-state index >= 15 is 0 Å². The van der Waals surface area contributed by atoms with E-state index in [-0.39, 0.29) is 25.3 Å². The molecule has 2 aliphatic rings. The largest absolute Gasteiger partial charge is 0.414 e. The van der Waals surface area contributed by atoms with Crippen molar-refractivity contribution in [3.8, 4) is 0 Å². The van der Waals surface area contributed by atoms with Crippen LogP contribution in [0.15, 0.2) is 18.2 Å². The first-order chi connectivity index (χ1) is 19.9. The number of imidazole rings is 1. The smallest absolute Gasteiger partial charge is 0.378 e. The molecule has 1 amide bonds. The van der Waals surface area contributed by atoms with Crippen LogP contribution in [-0.2, 0) is 25.7 Å². The first kappa shape index (κ1) is 33.8. The molecule has 4 N–H and O–H groups in total. The number of nitrogens with two attached hydrogens (primary N) is 2. The Kier molecular flexibility index (Phi) is 9.97. The number of carbonyl (C=O) groups is 1. The highest BCUT2D eigenvalue weighted by atomic mass is 28.3. The summed E-state index contributed by atoms with van der Waals surface area (Å²) < 4.78 is 86.7. The molecule has 43 heavy (non-hydrogen) atoms. The molecule has 14 heteroatoms. The zero-order chi connectivity index (χ0) is 31.9. The van der Waals surface area contributed by atoms with E-state index < -0.39 is 68.5 Å². The molecule has 0 aliphatic heterocycles. The van der Waals surface area contributed by atoms with Gasteiger partial charge in [0.15, 0.2) is 6.10 Å². The Labute approximate surface area is 249 Å². The van der Waals surface area contributed by atoms with E-state index in [4.69, 9.17) is 25.7 Å². The predicted octanol–water partition coefficient (Wildman–Crippen LogP) is 5.72. The van der Waals surface area contributed by atoms with Gasteiger partial charge in [-0.3, -0.25) is 4.79 Å². The maximum atomic E-state index is 14.2. The molecule has 1 aromatic heterocycles. The Balaban J connectivity index is 1.68. The zero-order valence-corrected chi connectivity index (χ0v) is 26.3. The second-order valence-electron chi connectivity index (χ2n) is 13.2. The first-order valence-electron chi connectivity index (χ1n) is 14.7. The van der Waals surface area contributed by atoms with Gasteiger partial charge in [-0.25, -0.2) is 13.8 Å². The van der Waals surface area contributed by atoms with Crippen molar-refractivity contribution in [2.75, 3.05) is 13.2 Å². The quantitative estimate of drug-likeness (QED) is 0.139. The van der Waals surface area contributed by atoms with Crippen molar-refractivity contribution in [3.05, 3.63) is 29.6 Å². The SMILES string of the molecule is C[C@@H](O[C@H](C)C(F)(F)F)[C@H](N)c1nc2cc([C@@H](COC3CC3)C(C(N)=O)[C@@H]3CC3(F)F)ccc2n1COCC[Si](C)(C)C. The Hall–Kier alpha value is -2.13. The van der Waals surface area contributed by atoms with E-state index in [1.165, 1.54) is 6.92 Å². The van der Waals surface area contributed by atoms with Crippen LogP contribution in [0.5, 0.6) is 0 Å². The van der Waals surface area contributed by atoms with Crippen molar-refractivity contribution in [3.63, 3.8) is 0 Å². The Morgan fingerprint density at radius 3 is 2.40 bits per heavy atom. The van der Waals surface area contributed by atoms with Gasteiger partial charge in [0.1, 0.15) is 12.6 Å². The number of benzene rings is 1. The van der Waals surface area contributed by atoms with Gasteiger partial charge in [-0.1, -0.05) is 25.7 Å². The molecule has 2 saturated carbocycles. The zero-order valence-electron chi connectivity index (χ0n) is 25.3. The van der Waals surface area contributed by atoms with Gasteiger partial charge in [0, 0.05) is 32.9 Å². The fraction of sp³-hybridized carbons (Fsp3) is 0.724. The van der Waals surface area contributed by atoms with E-state index in [2.05, 4.69) is 24.6 Å². The molecule has 6 atom stereocenters. The molecule has 0 spiro atoms. The number of halogens is 5. The van der Waals surface area contributed by atoms with Crippen LogP contribution >= 0.6 is 0 Å². The van der Waals surface area contributed by atoms with Crippen molar-refractivity contribution >= 4 is 25.0 Å². The van der Waals surface area contributed by atoms with Crippen LogP contribution in [0.4, 0.5) is 22.0 Å². The Morgan fingerprint density at radius 1 is 1.21 bits per heavy atom. The second kappa shape index (κ2) is 12.7. The molecule has 1 aromatic carbocycles. The highest BCUT2D eigenvalue weighted by molar-refractivity contribution is 6.76. The molecule has 4 rings (SSSR count). The van der Waals surface area contributed by atoms with Gasteiger partial charge in [0.05, 0.1) is 41.8 Å². The molecule has 2 aliphatic carbocycles. The number of ether oxygens (including phenoxy) is 3. The summed E-state index contributed by atoms with van der Waals surface area (Å²) in [6, 6.07) is 4.99. The lowest BCUT2D eigenvalue weighted by atomic mass is 9.82. The van der Waals surface area contributed by atoms with E-state index in [1.54, 1.807) is 22.8 Å². The number of hydrogen-bond donors (Lipinski definition) is 2. The summed E-state index contributed by atoms with van der Waals surface area (Å²) >= 11 is 0. The number of nitrogens with zero attached hydrogens (tertiary/aromatic N) is 2. The number of alkyl halides is 5. The molecular weight excluding hydrogens is 591 g/mol. The number of amides is 1. The molecule has 1 heterocycles. The van der Waals surface area contributed by atoms with Gasteiger partial charge < -0.3 is 30.2 Å². The number of primary amides is 1. The van der Waals surface area contributed by atoms with Gasteiger partial charge in [0.2, 0.25) is 5.91 Å². The van der Waals surface area contributed by atoms with Crippen LogP contribution in [0.2, 0.25) is 25.7 Å². The normalized spacial score (nSPS) is 22.3. The van der Waals surface area contributed by atoms with Crippen molar-refractivity contribution in [1.82, 2.24) is 9.55 Å². The van der Waals surface area contributed by atoms with Crippen LogP contribution in [-0.4, -0.2) is 67.2 Å². The highest BCUT2D eigenvalue weighted by Crippen LogP contribution is 2.56. The van der Waals surface area contributed by atoms with Crippen LogP contribution in [0.3, 0.4) is 0 Å². The standard InChI is InChI=1S/C29H43F5N4O4Si/c1-16(42-17(2)29(32,33)34)25(35)27-37-22-12-18(6-9-23(22)38(27)15-40-10-11-43(3,4)5)20(14-41-19-7-8-19)24(26(36)39)21-13-28(21,30)31/h6,9,12,16-17,19-21,24-25H,7-8,10-11,13-15,35H2,1-5H3,(H2,36,39)/t16-,17-,20-,21+,24?,25+/m1/s1. The summed E-state index contributed by atoms with van der Waals surface area (Å²) in [5, 5.41) is 0. The fourth-order valence-electron chi connectivity index (χ4n) is 5.20. The minimum Gasteiger partial charge on any atom is -0.378 e. The molecular formula is C29H43F5N4O4Si. The topological polar surface area (TPSA) is 115 Å². The Morgan fingerprint density at radius 2 is 1.86 bits per heavy atom. The van der Waals surface area contributed by atoms with E-state index in [1.807, 2.05) is 0 Å². The molecule has 1 unspecified atom stereocenters. The molecule has 0 saturated heterocycles. The third-order valence-corrected chi connectivity index (χ3v) is 9.94. The molecule has 0 bridgehead atoms. The maximum absolute atomic E-state index is 14.2. The monoisotopic (exact) mass is 634 g/mol. The van der Waals surface area contributed by atoms with Crippen LogP contribution in [0.1, 0.15) is 56.5 Å². The predicted molar refractivity (Wildman–Crippen MR) is 154 cm³/mol. The molecule has 8 nitrogen and oxygen atoms in total. The third kappa shape index (κ3) is 8.53. The average molecular weight is 635 g/mol.